The molecule has 2 fully saturated rings. The van der Waals surface area contributed by atoms with Gasteiger partial charge in [0.25, 0.3) is 0 Å². The van der Waals surface area contributed by atoms with E-state index in [0.29, 0.717) is 49.8 Å². The largest absolute Gasteiger partial charge is 0.507 e. The zero-order valence-corrected chi connectivity index (χ0v) is 29.2. The molecule has 49 heavy (non-hydrogen) atoms. The summed E-state index contributed by atoms with van der Waals surface area (Å²) in [4.78, 5) is 39.2. The van der Waals surface area contributed by atoms with Gasteiger partial charge in [-0.2, -0.15) is 0 Å². The molecule has 13 heteroatoms. The average Bonchev–Trinajstić information content (AvgIpc) is 3.69. The number of nitrogens with one attached hydrogen (secondary N) is 1. The minimum atomic E-state index is -0.778. The Kier molecular flexibility index (Phi) is 9.87. The Bertz CT molecular complexity index is 1800. The van der Waals surface area contributed by atoms with Crippen LogP contribution in [0.5, 0.6) is 5.75 Å². The minimum Gasteiger partial charge on any atom is -0.507 e. The van der Waals surface area contributed by atoms with Crippen molar-refractivity contribution in [3.63, 3.8) is 0 Å². The van der Waals surface area contributed by atoms with Crippen LogP contribution in [-0.2, 0) is 16.1 Å². The Labute approximate surface area is 290 Å². The molecule has 6 rings (SSSR count). The van der Waals surface area contributed by atoms with Gasteiger partial charge in [0.05, 0.1) is 39.6 Å². The third-order valence-electron chi connectivity index (χ3n) is 9.35. The lowest BCUT2D eigenvalue weighted by Crippen LogP contribution is -2.61. The molecule has 2 aromatic heterocycles. The summed E-state index contributed by atoms with van der Waals surface area (Å²) in [6.45, 7) is 10.8. The number of nitrogens with zero attached hydrogens (tertiary/aromatic N) is 6. The maximum absolute atomic E-state index is 14.4. The van der Waals surface area contributed by atoms with Crippen molar-refractivity contribution in [1.82, 2.24) is 30.3 Å². The number of β-amino-alcohol motifs (C(OH)–C–C–N with tert-alkyl or cyclic N) is 1. The highest BCUT2D eigenvalue weighted by Crippen LogP contribution is 2.34. The second kappa shape index (κ2) is 14.1. The molecule has 2 amide bonds. The number of hydrogen-bond acceptors (Lipinski definition) is 11. The number of rotatable bonds is 8. The first-order valence-corrected chi connectivity index (χ1v) is 17.4. The van der Waals surface area contributed by atoms with E-state index >= 15 is 0 Å². The number of aromatic hydroxyl groups is 1. The highest BCUT2D eigenvalue weighted by atomic mass is 32.1. The lowest BCUT2D eigenvalue weighted by atomic mass is 9.84. The van der Waals surface area contributed by atoms with Gasteiger partial charge >= 0.3 is 0 Å². The van der Waals surface area contributed by atoms with E-state index in [0.717, 1.165) is 27.4 Å². The van der Waals surface area contributed by atoms with Crippen LogP contribution in [0.4, 0.5) is 11.5 Å². The first kappa shape index (κ1) is 34.3. The van der Waals surface area contributed by atoms with Crippen molar-refractivity contribution in [2.75, 3.05) is 43.4 Å². The molecule has 0 aliphatic carbocycles. The number of hydrogen-bond donors (Lipinski definition) is 4. The minimum absolute atomic E-state index is 0.111. The van der Waals surface area contributed by atoms with Crippen LogP contribution >= 0.6 is 11.3 Å². The molecule has 5 N–H and O–H groups in total. The molecule has 0 saturated carbocycles. The summed E-state index contributed by atoms with van der Waals surface area (Å²) in [5.41, 5.74) is 12.5. The van der Waals surface area contributed by atoms with Crippen molar-refractivity contribution in [2.24, 2.45) is 5.41 Å². The number of carbonyl (C=O) groups is 2. The van der Waals surface area contributed by atoms with Gasteiger partial charge in [-0.05, 0) is 41.7 Å². The molecular formula is C36H44N8O4S. The number of nitrogen functional groups attached to an aromatic ring is 1. The number of para-hydroxylation sites is 1. The van der Waals surface area contributed by atoms with E-state index in [1.807, 2.05) is 69.6 Å². The van der Waals surface area contributed by atoms with Crippen LogP contribution in [0.3, 0.4) is 0 Å². The third kappa shape index (κ3) is 7.38. The topological polar surface area (TPSA) is 161 Å². The smallest absolute Gasteiger partial charge is 0.243 e. The molecule has 12 nitrogen and oxygen atoms in total. The van der Waals surface area contributed by atoms with E-state index in [1.54, 1.807) is 34.4 Å². The second-order valence-corrected chi connectivity index (χ2v) is 14.7. The van der Waals surface area contributed by atoms with E-state index < -0.39 is 23.6 Å². The van der Waals surface area contributed by atoms with E-state index in [9.17, 15) is 19.8 Å². The molecule has 0 radical (unpaired) electrons. The number of aliphatic hydroxyl groups is 1. The SMILES string of the molecule is Cc1ncsc1-c1ccc(CNC(=O)[C@@H]2C[C@@H](O)CN2C(=O)C(N2CCN(c3cc(-c4ccccc4O)nnc3N)CC2)C(C)(C)C)cc1. The highest BCUT2D eigenvalue weighted by Gasteiger charge is 2.46. The van der Waals surface area contributed by atoms with E-state index in [4.69, 9.17) is 5.73 Å². The van der Waals surface area contributed by atoms with Crippen LogP contribution in [-0.4, -0.2) is 97.9 Å². The van der Waals surface area contributed by atoms with Crippen LogP contribution in [0, 0.1) is 12.3 Å². The monoisotopic (exact) mass is 684 g/mol. The quantitative estimate of drug-likeness (QED) is 0.216. The molecule has 0 spiro atoms. The summed E-state index contributed by atoms with van der Waals surface area (Å²) in [5.74, 6) is -0.0271. The van der Waals surface area contributed by atoms with Gasteiger partial charge in [0.1, 0.15) is 11.8 Å². The fourth-order valence-corrected chi connectivity index (χ4v) is 7.70. The first-order chi connectivity index (χ1) is 23.4. The number of piperazine rings is 1. The van der Waals surface area contributed by atoms with Gasteiger partial charge in [-0.15, -0.1) is 21.5 Å². The molecule has 2 saturated heterocycles. The van der Waals surface area contributed by atoms with Crippen molar-refractivity contribution in [3.05, 3.63) is 71.4 Å². The number of likely N-dealkylation sites (tertiary alicyclic amines) is 1. The summed E-state index contributed by atoms with van der Waals surface area (Å²) in [6, 6.07) is 15.5. The van der Waals surface area contributed by atoms with Crippen LogP contribution < -0.4 is 16.0 Å². The number of phenols is 1. The maximum Gasteiger partial charge on any atom is 0.243 e. The number of aryl methyl sites for hydroxylation is 1. The number of thiazole rings is 1. The van der Waals surface area contributed by atoms with Crippen molar-refractivity contribution in [1.29, 1.82) is 0 Å². The molecular weight excluding hydrogens is 641 g/mol. The fourth-order valence-electron chi connectivity index (χ4n) is 6.88. The van der Waals surface area contributed by atoms with Crippen molar-refractivity contribution in [2.45, 2.75) is 58.8 Å². The highest BCUT2D eigenvalue weighted by molar-refractivity contribution is 7.13. The molecule has 2 aromatic carbocycles. The predicted octanol–water partition coefficient (Wildman–Crippen LogP) is 3.68. The van der Waals surface area contributed by atoms with Crippen molar-refractivity contribution in [3.8, 4) is 27.4 Å². The Morgan fingerprint density at radius 1 is 1.06 bits per heavy atom. The molecule has 3 atom stereocenters. The lowest BCUT2D eigenvalue weighted by Gasteiger charge is -2.45. The number of anilines is 2. The Morgan fingerprint density at radius 2 is 1.78 bits per heavy atom. The number of carbonyl (C=O) groups excluding carboxylic acids is 2. The molecule has 0 bridgehead atoms. The number of aliphatic hydroxyl groups excluding tert-OH is 1. The Balaban J connectivity index is 1.12. The second-order valence-electron chi connectivity index (χ2n) is 13.9. The fraction of sp³-hybridized carbons (Fsp3) is 0.417. The predicted molar refractivity (Wildman–Crippen MR) is 191 cm³/mol. The van der Waals surface area contributed by atoms with Gasteiger partial charge in [0.15, 0.2) is 5.82 Å². The molecule has 1 unspecified atom stereocenters. The lowest BCUT2D eigenvalue weighted by molar-refractivity contribution is -0.146. The van der Waals surface area contributed by atoms with Crippen LogP contribution in [0.15, 0.2) is 60.1 Å². The normalized spacial score (nSPS) is 19.2. The number of nitrogens with two attached hydrogens (primary N) is 1. The number of benzene rings is 2. The molecule has 4 aromatic rings. The summed E-state index contributed by atoms with van der Waals surface area (Å²) < 4.78 is 0. The van der Waals surface area contributed by atoms with Gasteiger partial charge in [-0.25, -0.2) is 4.98 Å². The van der Waals surface area contributed by atoms with E-state index in [2.05, 4.69) is 30.3 Å². The number of amides is 2. The Hall–Kier alpha value is -4.59. The molecule has 258 valence electrons. The van der Waals surface area contributed by atoms with Gasteiger partial charge in [-0.1, -0.05) is 57.2 Å². The van der Waals surface area contributed by atoms with Gasteiger partial charge in [0.2, 0.25) is 11.8 Å². The summed E-state index contributed by atoms with van der Waals surface area (Å²) in [7, 11) is 0. The third-order valence-corrected chi connectivity index (χ3v) is 10.3. The average molecular weight is 685 g/mol. The molecule has 4 heterocycles. The zero-order valence-electron chi connectivity index (χ0n) is 28.3. The van der Waals surface area contributed by atoms with Crippen molar-refractivity contribution >= 4 is 34.7 Å². The van der Waals surface area contributed by atoms with Gasteiger partial charge < -0.3 is 31.1 Å². The van der Waals surface area contributed by atoms with Gasteiger partial charge in [0, 0.05) is 51.3 Å². The van der Waals surface area contributed by atoms with Gasteiger partial charge in [-0.3, -0.25) is 14.5 Å². The molecule has 2 aliphatic heterocycles. The van der Waals surface area contributed by atoms with E-state index in [1.165, 1.54) is 0 Å². The first-order valence-electron chi connectivity index (χ1n) is 16.6. The van der Waals surface area contributed by atoms with Crippen LogP contribution in [0.25, 0.3) is 21.7 Å². The van der Waals surface area contributed by atoms with Crippen LogP contribution in [0.2, 0.25) is 0 Å². The number of aromatic nitrogens is 3. The summed E-state index contributed by atoms with van der Waals surface area (Å²) in [6.07, 6.45) is -0.584. The van der Waals surface area contributed by atoms with Crippen LogP contribution in [0.1, 0.15) is 38.4 Å². The zero-order chi connectivity index (χ0) is 34.9. The summed E-state index contributed by atoms with van der Waals surface area (Å²) >= 11 is 1.60. The van der Waals surface area contributed by atoms with Crippen molar-refractivity contribution < 1.29 is 19.8 Å². The Morgan fingerprint density at radius 3 is 2.43 bits per heavy atom. The maximum atomic E-state index is 14.4. The number of phenolic OH excluding ortho intramolecular Hbond substituents is 1. The molecule has 2 aliphatic rings. The van der Waals surface area contributed by atoms with E-state index in [-0.39, 0.29) is 30.5 Å². The standard InChI is InChI=1S/C36H44N8O4S/c1-22-31(49-21-39-22)24-11-9-23(10-12-24)19-38-34(47)29-17-25(45)20-44(29)35(48)32(36(2,3)4)43-15-13-42(14-16-43)28-18-27(40-41-33(28)37)26-7-5-6-8-30(26)46/h5-12,18,21,25,29,32,45-46H,13-17,19-20H2,1-4H3,(H2,37,41)(H,38,47)/t25-,29+,32?/m1/s1. The summed E-state index contributed by atoms with van der Waals surface area (Å²) in [5, 5.41) is 32.4.